The predicted octanol–water partition coefficient (Wildman–Crippen LogP) is 4.35. The number of carbonyl (C=O) groups is 1. The molecular weight excluding hydrogens is 399 g/mol. The number of benzene rings is 2. The lowest BCUT2D eigenvalue weighted by Crippen LogP contribution is -2.07. The van der Waals surface area contributed by atoms with Crippen molar-refractivity contribution >= 4 is 35.1 Å². The molecule has 3 aromatic rings. The van der Waals surface area contributed by atoms with Crippen molar-refractivity contribution in [3.05, 3.63) is 75.7 Å². The second kappa shape index (κ2) is 8.46. The monoisotopic (exact) mass is 416 g/mol. The molecule has 0 fully saturated rings. The molecule has 0 amide bonds. The molecule has 1 aromatic heterocycles. The lowest BCUT2D eigenvalue weighted by Gasteiger charge is -2.08. The van der Waals surface area contributed by atoms with Crippen LogP contribution in [0.4, 0.5) is 0 Å². The Morgan fingerprint density at radius 2 is 1.75 bits per heavy atom. The first-order chi connectivity index (χ1) is 13.4. The van der Waals surface area contributed by atoms with E-state index in [1.54, 1.807) is 55.7 Å². The average molecular weight is 417 g/mol. The Kier molecular flexibility index (Phi) is 6.02. The van der Waals surface area contributed by atoms with Crippen LogP contribution in [0.3, 0.4) is 0 Å². The number of halogens is 2. The van der Waals surface area contributed by atoms with Gasteiger partial charge in [0.2, 0.25) is 5.78 Å². The highest BCUT2D eigenvalue weighted by molar-refractivity contribution is 6.34. The van der Waals surface area contributed by atoms with E-state index >= 15 is 0 Å². The molecule has 1 heterocycles. The van der Waals surface area contributed by atoms with E-state index in [1.807, 2.05) is 25.2 Å². The quantitative estimate of drug-likeness (QED) is 0.559. The third-order valence-corrected chi connectivity index (χ3v) is 4.33. The van der Waals surface area contributed by atoms with Crippen LogP contribution in [0.2, 0.25) is 10.0 Å². The number of ether oxygens (including phenoxy) is 1. The van der Waals surface area contributed by atoms with E-state index in [2.05, 4.69) is 10.3 Å². The first-order valence-electron chi connectivity index (χ1n) is 8.34. The van der Waals surface area contributed by atoms with Crippen molar-refractivity contribution in [3.63, 3.8) is 0 Å². The number of rotatable bonds is 6. The number of nitrogens with zero attached hydrogens (tertiary/aromatic N) is 4. The molecule has 8 heteroatoms. The Bertz CT molecular complexity index is 1010. The van der Waals surface area contributed by atoms with Crippen LogP contribution in [-0.4, -0.2) is 46.9 Å². The van der Waals surface area contributed by atoms with Crippen molar-refractivity contribution in [2.24, 2.45) is 0 Å². The van der Waals surface area contributed by atoms with Crippen LogP contribution in [0.5, 0.6) is 5.75 Å². The Morgan fingerprint density at radius 3 is 2.32 bits per heavy atom. The van der Waals surface area contributed by atoms with Crippen LogP contribution in [0.1, 0.15) is 21.7 Å². The molecule has 0 N–H and O–H groups in total. The topological polar surface area (TPSA) is 60.2 Å². The number of ketones is 1. The lowest BCUT2D eigenvalue weighted by molar-refractivity contribution is 0.103. The number of hydrogen-bond acceptors (Lipinski definition) is 5. The summed E-state index contributed by atoms with van der Waals surface area (Å²) in [7, 11) is 5.33. The second-order valence-corrected chi connectivity index (χ2v) is 7.07. The molecule has 2 aromatic carbocycles. The van der Waals surface area contributed by atoms with Gasteiger partial charge in [-0.15, -0.1) is 5.10 Å². The molecule has 3 rings (SSSR count). The zero-order valence-electron chi connectivity index (χ0n) is 15.6. The van der Waals surface area contributed by atoms with Crippen LogP contribution < -0.4 is 4.74 Å². The van der Waals surface area contributed by atoms with Gasteiger partial charge in [0.15, 0.2) is 5.69 Å². The number of carbonyl (C=O) groups excluding carboxylic acids is 1. The fraction of sp³-hybridized carbons (Fsp3) is 0.150. The predicted molar refractivity (Wildman–Crippen MR) is 111 cm³/mol. The highest BCUT2D eigenvalue weighted by Crippen LogP contribution is 2.24. The number of methoxy groups -OCH3 is 1. The molecule has 0 unspecified atom stereocenters. The molecule has 0 bridgehead atoms. The molecule has 0 aliphatic rings. The lowest BCUT2D eigenvalue weighted by atomic mass is 10.1. The van der Waals surface area contributed by atoms with Crippen molar-refractivity contribution < 1.29 is 9.53 Å². The van der Waals surface area contributed by atoms with Gasteiger partial charge in [-0.1, -0.05) is 28.4 Å². The van der Waals surface area contributed by atoms with Crippen molar-refractivity contribution in [1.82, 2.24) is 19.9 Å². The zero-order valence-corrected chi connectivity index (χ0v) is 17.1. The molecule has 0 saturated heterocycles. The SMILES string of the molecule is COc1ccc(C(=O)c2nnn(-c3cc(Cl)cc(Cl)c3)c2/C=C/N(C)C)cc1. The second-order valence-electron chi connectivity index (χ2n) is 6.20. The van der Waals surface area contributed by atoms with Crippen molar-refractivity contribution in [1.29, 1.82) is 0 Å². The van der Waals surface area contributed by atoms with Crippen LogP contribution in [0.15, 0.2) is 48.7 Å². The first-order valence-corrected chi connectivity index (χ1v) is 9.10. The van der Waals surface area contributed by atoms with E-state index in [0.717, 1.165) is 0 Å². The fourth-order valence-electron chi connectivity index (χ4n) is 2.55. The minimum atomic E-state index is -0.250. The molecule has 28 heavy (non-hydrogen) atoms. The summed E-state index contributed by atoms with van der Waals surface area (Å²) >= 11 is 12.2. The minimum absolute atomic E-state index is 0.222. The van der Waals surface area contributed by atoms with E-state index in [0.29, 0.717) is 32.7 Å². The third kappa shape index (κ3) is 4.35. The van der Waals surface area contributed by atoms with E-state index in [9.17, 15) is 4.79 Å². The van der Waals surface area contributed by atoms with Gasteiger partial charge in [0, 0.05) is 35.9 Å². The fourth-order valence-corrected chi connectivity index (χ4v) is 3.07. The van der Waals surface area contributed by atoms with Gasteiger partial charge in [0.25, 0.3) is 0 Å². The van der Waals surface area contributed by atoms with Crippen molar-refractivity contribution in [3.8, 4) is 11.4 Å². The molecule has 0 saturated carbocycles. The molecule has 0 radical (unpaired) electrons. The maximum absolute atomic E-state index is 13.0. The third-order valence-electron chi connectivity index (χ3n) is 3.89. The van der Waals surface area contributed by atoms with Crippen molar-refractivity contribution in [2.75, 3.05) is 21.2 Å². The van der Waals surface area contributed by atoms with Gasteiger partial charge in [-0.2, -0.15) is 0 Å². The van der Waals surface area contributed by atoms with Gasteiger partial charge >= 0.3 is 0 Å². The summed E-state index contributed by atoms with van der Waals surface area (Å²) in [6, 6.07) is 11.9. The molecule has 0 aliphatic carbocycles. The zero-order chi connectivity index (χ0) is 20.3. The maximum atomic E-state index is 13.0. The molecular formula is C20H18Cl2N4O2. The Morgan fingerprint density at radius 1 is 1.11 bits per heavy atom. The Balaban J connectivity index is 2.10. The standard InChI is InChI=1S/C20H18Cl2N4O2/c1-25(2)9-8-18-19(20(27)13-4-6-17(28-3)7-5-13)23-24-26(18)16-11-14(21)10-15(22)12-16/h4-12H,1-3H3/b9-8+. The highest BCUT2D eigenvalue weighted by atomic mass is 35.5. The molecule has 0 atom stereocenters. The summed E-state index contributed by atoms with van der Waals surface area (Å²) in [5.74, 6) is 0.418. The van der Waals surface area contributed by atoms with Gasteiger partial charge < -0.3 is 9.64 Å². The average Bonchev–Trinajstić information content (AvgIpc) is 3.09. The Hall–Kier alpha value is -2.83. The van der Waals surface area contributed by atoms with Gasteiger partial charge in [-0.25, -0.2) is 4.68 Å². The largest absolute Gasteiger partial charge is 0.497 e. The van der Waals surface area contributed by atoms with Crippen LogP contribution >= 0.6 is 23.2 Å². The summed E-state index contributed by atoms with van der Waals surface area (Å²) in [5.41, 5.74) is 1.83. The first kappa shape index (κ1) is 19.9. The maximum Gasteiger partial charge on any atom is 0.215 e. The van der Waals surface area contributed by atoms with E-state index in [4.69, 9.17) is 27.9 Å². The summed E-state index contributed by atoms with van der Waals surface area (Å²) in [6.07, 6.45) is 3.58. The van der Waals surface area contributed by atoms with Crippen molar-refractivity contribution in [2.45, 2.75) is 0 Å². The highest BCUT2D eigenvalue weighted by Gasteiger charge is 2.21. The summed E-state index contributed by atoms with van der Waals surface area (Å²) in [5, 5.41) is 9.21. The van der Waals surface area contributed by atoms with Crippen LogP contribution in [-0.2, 0) is 0 Å². The van der Waals surface area contributed by atoms with E-state index in [-0.39, 0.29) is 11.5 Å². The van der Waals surface area contributed by atoms with Gasteiger partial charge in [0.1, 0.15) is 11.4 Å². The van der Waals surface area contributed by atoms with Crippen LogP contribution in [0.25, 0.3) is 11.8 Å². The summed E-state index contributed by atoms with van der Waals surface area (Å²) in [6.45, 7) is 0. The Labute approximate surface area is 172 Å². The molecule has 0 spiro atoms. The molecule has 6 nitrogen and oxygen atoms in total. The minimum Gasteiger partial charge on any atom is -0.497 e. The normalized spacial score (nSPS) is 11.0. The van der Waals surface area contributed by atoms with E-state index < -0.39 is 0 Å². The number of hydrogen-bond donors (Lipinski definition) is 0. The molecule has 0 aliphatic heterocycles. The number of aromatic nitrogens is 3. The van der Waals surface area contributed by atoms with Crippen LogP contribution in [0, 0.1) is 0 Å². The summed E-state index contributed by atoms with van der Waals surface area (Å²) < 4.78 is 6.68. The smallest absolute Gasteiger partial charge is 0.215 e. The molecule has 144 valence electrons. The van der Waals surface area contributed by atoms with Gasteiger partial charge in [-0.05, 0) is 48.5 Å². The van der Waals surface area contributed by atoms with E-state index in [1.165, 1.54) is 4.68 Å². The van der Waals surface area contributed by atoms with Gasteiger partial charge in [0.05, 0.1) is 12.8 Å². The van der Waals surface area contributed by atoms with Gasteiger partial charge in [-0.3, -0.25) is 4.79 Å². The summed E-state index contributed by atoms with van der Waals surface area (Å²) in [4.78, 5) is 14.9.